The zero-order chi connectivity index (χ0) is 17.8. The van der Waals surface area contributed by atoms with Crippen LogP contribution in [0.4, 0.5) is 5.69 Å². The highest BCUT2D eigenvalue weighted by atomic mass is 16.2. The fraction of sp³-hybridized carbons (Fsp3) is 0.227. The lowest BCUT2D eigenvalue weighted by molar-refractivity contribution is -0.908. The maximum absolute atomic E-state index is 12.8. The Morgan fingerprint density at radius 1 is 0.960 bits per heavy atom. The Balaban J connectivity index is 1.70. The molecule has 3 nitrogen and oxygen atoms in total. The minimum atomic E-state index is -0.114. The third kappa shape index (κ3) is 3.89. The predicted molar refractivity (Wildman–Crippen MR) is 104 cm³/mol. The summed E-state index contributed by atoms with van der Waals surface area (Å²) in [6.07, 6.45) is 0. The number of carbonyl (C=O) groups excluding carboxylic acids is 1. The highest BCUT2D eigenvalue weighted by molar-refractivity contribution is 5.95. The van der Waals surface area contributed by atoms with Crippen molar-refractivity contribution in [3.8, 4) is 0 Å². The van der Waals surface area contributed by atoms with E-state index < -0.39 is 0 Å². The summed E-state index contributed by atoms with van der Waals surface area (Å²) in [5, 5.41) is 2.49. The molecule has 0 spiro atoms. The van der Waals surface area contributed by atoms with Crippen LogP contribution in [0.2, 0.25) is 0 Å². The Labute approximate surface area is 149 Å². The Hall–Kier alpha value is -2.65. The Morgan fingerprint density at radius 3 is 2.32 bits per heavy atom. The van der Waals surface area contributed by atoms with Gasteiger partial charge in [-0.25, -0.2) is 0 Å². The number of fused-ring (bicyclic) bond motifs is 1. The number of nitrogens with one attached hydrogen (secondary N) is 1. The largest absolute Gasteiger partial charge is 0.324 e. The number of likely N-dealkylation sites (N-methyl/N-ethyl adjacent to an activating group) is 2. The van der Waals surface area contributed by atoms with Crippen molar-refractivity contribution in [1.82, 2.24) is 0 Å². The van der Waals surface area contributed by atoms with Crippen molar-refractivity contribution < 1.29 is 9.69 Å². The van der Waals surface area contributed by atoms with Crippen molar-refractivity contribution in [2.75, 3.05) is 19.0 Å². The number of nitrogens with zero attached hydrogens (tertiary/aromatic N) is 1. The van der Waals surface area contributed by atoms with Crippen LogP contribution in [0.1, 0.15) is 12.5 Å². The van der Waals surface area contributed by atoms with Crippen LogP contribution in [0.25, 0.3) is 10.8 Å². The summed E-state index contributed by atoms with van der Waals surface area (Å²) in [5.74, 6) is 0.129. The lowest BCUT2D eigenvalue weighted by Gasteiger charge is -2.26. The molecule has 3 heteroatoms. The van der Waals surface area contributed by atoms with Gasteiger partial charge in [-0.2, -0.15) is 0 Å². The zero-order valence-electron chi connectivity index (χ0n) is 15.1. The molecule has 2 atom stereocenters. The number of carbonyl (C=O) groups is 1. The molecular weight excluding hydrogens is 308 g/mol. The predicted octanol–water partition coefficient (Wildman–Crippen LogP) is 2.91. The van der Waals surface area contributed by atoms with E-state index >= 15 is 0 Å². The number of anilines is 1. The van der Waals surface area contributed by atoms with Crippen LogP contribution in [0.3, 0.4) is 0 Å². The molecule has 3 rings (SSSR count). The van der Waals surface area contributed by atoms with Crippen LogP contribution < -0.4 is 9.80 Å². The number of rotatable bonds is 5. The smallest absolute Gasteiger partial charge is 0.284 e. The summed E-state index contributed by atoms with van der Waals surface area (Å²) >= 11 is 0. The number of benzene rings is 3. The van der Waals surface area contributed by atoms with Gasteiger partial charge >= 0.3 is 0 Å². The van der Waals surface area contributed by atoms with E-state index in [1.807, 2.05) is 44.3 Å². The number of amides is 1. The molecule has 3 aromatic carbocycles. The first-order valence-corrected chi connectivity index (χ1v) is 8.69. The molecule has 0 fully saturated rings. The molecule has 0 aliphatic heterocycles. The molecular formula is C22H25N2O+. The van der Waals surface area contributed by atoms with Crippen LogP contribution in [-0.2, 0) is 11.3 Å². The van der Waals surface area contributed by atoms with Crippen molar-refractivity contribution in [3.05, 3.63) is 78.4 Å². The van der Waals surface area contributed by atoms with Crippen molar-refractivity contribution in [1.29, 1.82) is 0 Å². The van der Waals surface area contributed by atoms with Crippen LogP contribution in [0.15, 0.2) is 72.8 Å². The lowest BCUT2D eigenvalue weighted by atomic mass is 10.1. The van der Waals surface area contributed by atoms with Crippen LogP contribution in [0, 0.1) is 0 Å². The molecule has 128 valence electrons. The van der Waals surface area contributed by atoms with E-state index in [1.54, 1.807) is 4.90 Å². The zero-order valence-corrected chi connectivity index (χ0v) is 15.1. The van der Waals surface area contributed by atoms with Crippen molar-refractivity contribution in [3.63, 3.8) is 0 Å². The first-order valence-electron chi connectivity index (χ1n) is 8.69. The molecule has 3 aromatic rings. The Morgan fingerprint density at radius 2 is 1.60 bits per heavy atom. The first kappa shape index (κ1) is 17.2. The Kier molecular flexibility index (Phi) is 5.15. The minimum absolute atomic E-state index is 0.114. The number of quaternary nitrogens is 1. The molecule has 0 aliphatic rings. The average Bonchev–Trinajstić information content (AvgIpc) is 2.66. The molecule has 1 unspecified atom stereocenters. The molecule has 1 amide bonds. The monoisotopic (exact) mass is 333 g/mol. The maximum Gasteiger partial charge on any atom is 0.284 e. The lowest BCUT2D eigenvalue weighted by Crippen LogP contribution is -3.12. The van der Waals surface area contributed by atoms with E-state index in [0.717, 1.165) is 12.2 Å². The standard InChI is InChI=1S/C22H24N2O/c1-17(22(25)24(3)21-11-5-4-6-12-21)23(2)16-18-13-14-19-9-7-8-10-20(19)15-18/h4-15,17H,16H2,1-3H3/p+1/t17-/m0/s1. The molecule has 0 saturated heterocycles. The van der Waals surface area contributed by atoms with Crippen LogP contribution in [-0.4, -0.2) is 26.0 Å². The number of para-hydroxylation sites is 1. The molecule has 0 radical (unpaired) electrons. The second-order valence-electron chi connectivity index (χ2n) is 6.66. The van der Waals surface area contributed by atoms with Crippen molar-refractivity contribution in [2.24, 2.45) is 0 Å². The van der Waals surface area contributed by atoms with Crippen LogP contribution >= 0.6 is 0 Å². The van der Waals surface area contributed by atoms with Crippen molar-refractivity contribution >= 4 is 22.4 Å². The minimum Gasteiger partial charge on any atom is -0.324 e. The second-order valence-corrected chi connectivity index (χ2v) is 6.66. The van der Waals surface area contributed by atoms with Gasteiger partial charge in [-0.3, -0.25) is 4.79 Å². The molecule has 1 N–H and O–H groups in total. The van der Waals surface area contributed by atoms with Gasteiger partial charge in [-0.15, -0.1) is 0 Å². The molecule has 0 saturated carbocycles. The van der Waals surface area contributed by atoms with E-state index in [2.05, 4.69) is 49.5 Å². The topological polar surface area (TPSA) is 24.8 Å². The fourth-order valence-electron chi connectivity index (χ4n) is 3.10. The third-order valence-corrected chi connectivity index (χ3v) is 4.88. The third-order valence-electron chi connectivity index (χ3n) is 4.88. The summed E-state index contributed by atoms with van der Waals surface area (Å²) in [6.45, 7) is 2.82. The Bertz CT molecular complexity index is 860. The average molecular weight is 333 g/mol. The highest BCUT2D eigenvalue weighted by Crippen LogP contribution is 2.15. The van der Waals surface area contributed by atoms with Gasteiger partial charge in [0.2, 0.25) is 0 Å². The molecule has 0 aliphatic carbocycles. The van der Waals surface area contributed by atoms with E-state index in [4.69, 9.17) is 0 Å². The number of hydrogen-bond acceptors (Lipinski definition) is 1. The summed E-state index contributed by atoms with van der Waals surface area (Å²) in [5.41, 5.74) is 2.18. The van der Waals surface area contributed by atoms with Gasteiger partial charge in [0.05, 0.1) is 7.05 Å². The van der Waals surface area contributed by atoms with Gasteiger partial charge in [-0.1, -0.05) is 54.6 Å². The van der Waals surface area contributed by atoms with Gasteiger partial charge < -0.3 is 9.80 Å². The van der Waals surface area contributed by atoms with E-state index in [1.165, 1.54) is 21.2 Å². The summed E-state index contributed by atoms with van der Waals surface area (Å²) in [6, 6.07) is 24.6. The summed E-state index contributed by atoms with van der Waals surface area (Å²) in [4.78, 5) is 15.7. The van der Waals surface area contributed by atoms with E-state index in [0.29, 0.717) is 0 Å². The quantitative estimate of drug-likeness (QED) is 0.763. The summed E-state index contributed by atoms with van der Waals surface area (Å²) in [7, 11) is 3.92. The van der Waals surface area contributed by atoms with Gasteiger partial charge in [0.1, 0.15) is 6.54 Å². The highest BCUT2D eigenvalue weighted by Gasteiger charge is 2.25. The van der Waals surface area contributed by atoms with E-state index in [9.17, 15) is 4.79 Å². The van der Waals surface area contributed by atoms with Crippen LogP contribution in [0.5, 0.6) is 0 Å². The molecule has 0 heterocycles. The molecule has 0 aromatic heterocycles. The first-order chi connectivity index (χ1) is 12.1. The SMILES string of the molecule is C[C@@H](C(=O)N(C)c1ccccc1)[NH+](C)Cc1ccc2ccccc2c1. The van der Waals surface area contributed by atoms with Gasteiger partial charge in [-0.05, 0) is 35.9 Å². The maximum atomic E-state index is 12.8. The fourth-order valence-corrected chi connectivity index (χ4v) is 3.10. The normalized spacial score (nSPS) is 13.4. The second kappa shape index (κ2) is 7.49. The summed E-state index contributed by atoms with van der Waals surface area (Å²) < 4.78 is 0. The van der Waals surface area contributed by atoms with Gasteiger partial charge in [0, 0.05) is 18.3 Å². The van der Waals surface area contributed by atoms with Gasteiger partial charge in [0.15, 0.2) is 6.04 Å². The van der Waals surface area contributed by atoms with Gasteiger partial charge in [0.25, 0.3) is 5.91 Å². The molecule has 0 bridgehead atoms. The number of hydrogen-bond donors (Lipinski definition) is 1. The van der Waals surface area contributed by atoms with Crippen molar-refractivity contribution in [2.45, 2.75) is 19.5 Å². The van der Waals surface area contributed by atoms with E-state index in [-0.39, 0.29) is 11.9 Å². The molecule has 25 heavy (non-hydrogen) atoms.